The Morgan fingerprint density at radius 2 is 1.72 bits per heavy atom. The SMILES string of the molecule is CC(=O)O[C@H]1O[C@@H]([C@H]2OC2(C)C)C[C@H]1[C@@H]1CC=C2[C@]3(C)[C@H](O)C[C@H]4C(C)(C)OC(=O)CC[C@]4(C)[C@H]3CC[C@]21C. The molecule has 11 atom stereocenters. The van der Waals surface area contributed by atoms with Crippen LogP contribution in [-0.2, 0) is 28.5 Å². The molecule has 0 radical (unpaired) electrons. The third-order valence-electron chi connectivity index (χ3n) is 12.5. The van der Waals surface area contributed by atoms with Crippen LogP contribution in [0.1, 0.15) is 100 Å². The van der Waals surface area contributed by atoms with Gasteiger partial charge in [0.1, 0.15) is 11.7 Å². The Hall–Kier alpha value is -1.44. The number of cyclic esters (lactones) is 1. The highest BCUT2D eigenvalue weighted by molar-refractivity contribution is 5.70. The van der Waals surface area contributed by atoms with Gasteiger partial charge in [0, 0.05) is 30.6 Å². The Labute approximate surface area is 233 Å². The van der Waals surface area contributed by atoms with Crippen LogP contribution in [0.4, 0.5) is 0 Å². The van der Waals surface area contributed by atoms with Crippen LogP contribution in [0.2, 0.25) is 0 Å². The van der Waals surface area contributed by atoms with E-state index in [1.165, 1.54) is 12.5 Å². The van der Waals surface area contributed by atoms with Crippen molar-refractivity contribution in [3.05, 3.63) is 11.6 Å². The summed E-state index contributed by atoms with van der Waals surface area (Å²) >= 11 is 0. The van der Waals surface area contributed by atoms with Crippen molar-refractivity contribution in [2.45, 2.75) is 136 Å². The maximum absolute atomic E-state index is 12.6. The van der Waals surface area contributed by atoms with E-state index in [1.54, 1.807) is 0 Å². The number of allylic oxidation sites excluding steroid dienone is 1. The molecule has 7 nitrogen and oxygen atoms in total. The molecule has 3 heterocycles. The average molecular weight is 545 g/mol. The number of carbonyl (C=O) groups excluding carboxylic acids is 2. The van der Waals surface area contributed by atoms with Crippen LogP contribution < -0.4 is 0 Å². The van der Waals surface area contributed by atoms with E-state index in [1.807, 2.05) is 13.8 Å². The number of hydrogen-bond acceptors (Lipinski definition) is 7. The highest BCUT2D eigenvalue weighted by Gasteiger charge is 2.69. The van der Waals surface area contributed by atoms with Crippen molar-refractivity contribution in [1.29, 1.82) is 0 Å². The number of ether oxygens (including phenoxy) is 4. The van der Waals surface area contributed by atoms with Gasteiger partial charge < -0.3 is 24.1 Å². The Bertz CT molecular complexity index is 1090. The molecule has 5 fully saturated rings. The molecule has 3 aliphatic heterocycles. The predicted octanol–water partition coefficient (Wildman–Crippen LogP) is 5.33. The van der Waals surface area contributed by atoms with Gasteiger partial charge in [-0.05, 0) is 88.9 Å². The lowest BCUT2D eigenvalue weighted by Crippen LogP contribution is -2.63. The van der Waals surface area contributed by atoms with Crippen molar-refractivity contribution in [3.8, 4) is 0 Å². The highest BCUT2D eigenvalue weighted by atomic mass is 16.7. The predicted molar refractivity (Wildman–Crippen MR) is 144 cm³/mol. The molecule has 3 saturated heterocycles. The zero-order chi connectivity index (χ0) is 28.3. The van der Waals surface area contributed by atoms with E-state index in [0.717, 1.165) is 32.1 Å². The molecular formula is C32H48O7. The maximum Gasteiger partial charge on any atom is 0.306 e. The fraction of sp³-hybridized carbons (Fsp3) is 0.875. The number of carbonyl (C=O) groups is 2. The van der Waals surface area contributed by atoms with Gasteiger partial charge in [-0.15, -0.1) is 0 Å². The molecule has 2 saturated carbocycles. The fourth-order valence-electron chi connectivity index (χ4n) is 10.6. The maximum atomic E-state index is 12.6. The van der Waals surface area contributed by atoms with Gasteiger partial charge in [0.25, 0.3) is 0 Å². The van der Waals surface area contributed by atoms with Gasteiger partial charge in [0.15, 0.2) is 0 Å². The molecule has 6 rings (SSSR count). The Balaban J connectivity index is 1.32. The Kier molecular flexibility index (Phi) is 6.07. The second kappa shape index (κ2) is 8.54. The first-order valence-corrected chi connectivity index (χ1v) is 15.2. The summed E-state index contributed by atoms with van der Waals surface area (Å²) in [5.74, 6) is 0.249. The topological polar surface area (TPSA) is 94.6 Å². The summed E-state index contributed by atoms with van der Waals surface area (Å²) in [6, 6.07) is 0. The number of aliphatic hydroxyl groups excluding tert-OH is 1. The monoisotopic (exact) mass is 544 g/mol. The van der Waals surface area contributed by atoms with Gasteiger partial charge in [0.05, 0.1) is 17.8 Å². The van der Waals surface area contributed by atoms with Crippen molar-refractivity contribution in [3.63, 3.8) is 0 Å². The van der Waals surface area contributed by atoms with E-state index in [9.17, 15) is 14.7 Å². The van der Waals surface area contributed by atoms with Crippen LogP contribution >= 0.6 is 0 Å². The molecule has 0 aromatic heterocycles. The first-order valence-electron chi connectivity index (χ1n) is 15.2. The lowest BCUT2D eigenvalue weighted by molar-refractivity contribution is -0.198. The van der Waals surface area contributed by atoms with Crippen molar-refractivity contribution >= 4 is 11.9 Å². The van der Waals surface area contributed by atoms with E-state index in [4.69, 9.17) is 18.9 Å². The molecule has 218 valence electrons. The number of hydrogen-bond donors (Lipinski definition) is 1. The van der Waals surface area contributed by atoms with E-state index in [2.05, 4.69) is 40.7 Å². The lowest BCUT2D eigenvalue weighted by atomic mass is 9.40. The smallest absolute Gasteiger partial charge is 0.306 e. The van der Waals surface area contributed by atoms with Crippen LogP contribution in [0.5, 0.6) is 0 Å². The third-order valence-corrected chi connectivity index (χ3v) is 12.5. The Morgan fingerprint density at radius 1 is 1.03 bits per heavy atom. The molecule has 6 aliphatic rings. The quantitative estimate of drug-likeness (QED) is 0.292. The van der Waals surface area contributed by atoms with Gasteiger partial charge in [-0.25, -0.2) is 0 Å². The van der Waals surface area contributed by atoms with Crippen molar-refractivity contribution in [1.82, 2.24) is 0 Å². The summed E-state index contributed by atoms with van der Waals surface area (Å²) in [7, 11) is 0. The molecule has 0 aromatic rings. The lowest BCUT2D eigenvalue weighted by Gasteiger charge is -2.65. The first-order chi connectivity index (χ1) is 18.0. The summed E-state index contributed by atoms with van der Waals surface area (Å²) in [4.78, 5) is 24.7. The zero-order valence-electron chi connectivity index (χ0n) is 25.0. The van der Waals surface area contributed by atoms with Crippen molar-refractivity contribution in [2.24, 2.45) is 39.9 Å². The third kappa shape index (κ3) is 3.92. The minimum absolute atomic E-state index is 0.0241. The minimum atomic E-state index is -0.607. The van der Waals surface area contributed by atoms with E-state index < -0.39 is 18.0 Å². The summed E-state index contributed by atoms with van der Waals surface area (Å²) < 4.78 is 24.1. The molecule has 7 heteroatoms. The van der Waals surface area contributed by atoms with Gasteiger partial charge in [-0.2, -0.15) is 0 Å². The summed E-state index contributed by atoms with van der Waals surface area (Å²) in [5.41, 5.74) is -0.0577. The standard InChI is InChI=1S/C32H48O7/c1-17(33)36-27-18(15-20(37-27)26-29(4,5)39-26)19-9-10-21-30(19,6)13-11-22-31(7)14-12-25(35)38-28(2,3)23(31)16-24(34)32(21,22)8/h10,18-20,22-24,26-27,34H,9,11-16H2,1-8H3/t18-,19-,20+,22+,23-,24+,26+,27-,30-,31+,32-/m0/s1. The first kappa shape index (κ1) is 27.7. The molecule has 0 aromatic carbocycles. The van der Waals surface area contributed by atoms with Crippen molar-refractivity contribution < 1.29 is 33.6 Å². The number of fused-ring (bicyclic) bond motifs is 5. The van der Waals surface area contributed by atoms with Gasteiger partial charge in [-0.3, -0.25) is 9.59 Å². The molecule has 39 heavy (non-hydrogen) atoms. The van der Waals surface area contributed by atoms with E-state index >= 15 is 0 Å². The van der Waals surface area contributed by atoms with Gasteiger partial charge in [0.2, 0.25) is 6.29 Å². The normalized spacial score (nSPS) is 51.5. The highest BCUT2D eigenvalue weighted by Crippen LogP contribution is 2.72. The second-order valence-electron chi connectivity index (χ2n) is 15.3. The fourth-order valence-corrected chi connectivity index (χ4v) is 10.6. The number of aliphatic hydroxyl groups is 1. The van der Waals surface area contributed by atoms with Crippen LogP contribution in [-0.4, -0.2) is 52.8 Å². The summed E-state index contributed by atoms with van der Waals surface area (Å²) in [6.07, 6.45) is 6.81. The van der Waals surface area contributed by atoms with E-state index in [-0.39, 0.29) is 69.7 Å². The molecule has 0 bridgehead atoms. The van der Waals surface area contributed by atoms with Crippen LogP contribution in [0.25, 0.3) is 0 Å². The molecule has 0 amide bonds. The zero-order valence-corrected chi connectivity index (χ0v) is 25.0. The summed E-state index contributed by atoms with van der Waals surface area (Å²) in [6.45, 7) is 16.7. The Morgan fingerprint density at radius 3 is 2.36 bits per heavy atom. The minimum Gasteiger partial charge on any atom is -0.459 e. The molecule has 3 aliphatic carbocycles. The number of rotatable bonds is 3. The van der Waals surface area contributed by atoms with Gasteiger partial charge >= 0.3 is 11.9 Å². The van der Waals surface area contributed by atoms with Crippen LogP contribution in [0.15, 0.2) is 11.6 Å². The number of epoxide rings is 1. The molecule has 0 unspecified atom stereocenters. The molecule has 0 spiro atoms. The second-order valence-corrected chi connectivity index (χ2v) is 15.3. The largest absolute Gasteiger partial charge is 0.459 e. The molecule has 1 N–H and O–H groups in total. The van der Waals surface area contributed by atoms with E-state index in [0.29, 0.717) is 12.8 Å². The van der Waals surface area contributed by atoms with Gasteiger partial charge in [-0.1, -0.05) is 32.4 Å². The molecular weight excluding hydrogens is 496 g/mol. The average Bonchev–Trinajstić information content (AvgIpc) is 3.13. The van der Waals surface area contributed by atoms with Crippen LogP contribution in [0.3, 0.4) is 0 Å². The number of esters is 2. The van der Waals surface area contributed by atoms with Crippen LogP contribution in [0, 0.1) is 39.9 Å². The van der Waals surface area contributed by atoms with Crippen molar-refractivity contribution in [2.75, 3.05) is 0 Å². The summed E-state index contributed by atoms with van der Waals surface area (Å²) in [5, 5.41) is 12.0.